The summed E-state index contributed by atoms with van der Waals surface area (Å²) in [6.45, 7) is 13.2. The molecule has 1 saturated heterocycles. The second kappa shape index (κ2) is 19.0. The average Bonchev–Trinajstić information content (AvgIpc) is 3.63. The molecule has 344 valence electrons. The first-order valence-corrected chi connectivity index (χ1v) is 24.8. The van der Waals surface area contributed by atoms with Crippen molar-refractivity contribution in [3.8, 4) is 22.9 Å². The van der Waals surface area contributed by atoms with Gasteiger partial charge < -0.3 is 40.0 Å². The molecule has 4 N–H and O–H groups in total. The van der Waals surface area contributed by atoms with E-state index in [-0.39, 0.29) is 54.7 Å². The van der Waals surface area contributed by atoms with Crippen molar-refractivity contribution in [3.63, 3.8) is 0 Å². The van der Waals surface area contributed by atoms with Crippen LogP contribution in [0.3, 0.4) is 0 Å². The number of ether oxygens (including phenoxy) is 3. The normalized spacial score (nSPS) is 22.5. The highest BCUT2D eigenvalue weighted by Crippen LogP contribution is 2.69. The molecule has 4 aromatic rings. The molecule has 2 aromatic carbocycles. The number of halogens is 2. The lowest BCUT2D eigenvalue weighted by Crippen LogP contribution is -2.58. The topological polar surface area (TPSA) is 181 Å². The number of likely N-dealkylation sites (tertiary alicyclic amines) is 1. The SMILES string of the molecule is C=C[C@@H]1C[C@]1(NC(=O)[C@@H]1C[C@@H](Oc2cc(-c3csc(NC(C)C)n3)nc3cc(OC)ccc23)CN1C(=O)[C@@H](NC(=O)OC1CCCC1)C(C)(C)C)P(=O)(O)CCc1c(F)cccc1Cl. The van der Waals surface area contributed by atoms with Crippen LogP contribution in [0, 0.1) is 17.2 Å². The number of hydrogen-bond donors (Lipinski definition) is 4. The van der Waals surface area contributed by atoms with Gasteiger partial charge in [0.05, 0.1) is 24.9 Å². The molecule has 14 nitrogen and oxygen atoms in total. The molecule has 6 atom stereocenters. The van der Waals surface area contributed by atoms with Crippen molar-refractivity contribution < 1.29 is 42.4 Å². The molecule has 1 aliphatic heterocycles. The van der Waals surface area contributed by atoms with Crippen LogP contribution >= 0.6 is 30.3 Å². The number of carbonyl (C=O) groups is 3. The molecule has 1 unspecified atom stereocenters. The fourth-order valence-corrected chi connectivity index (χ4v) is 12.1. The van der Waals surface area contributed by atoms with Crippen molar-refractivity contribution in [1.82, 2.24) is 25.5 Å². The number of hydrogen-bond acceptors (Lipinski definition) is 11. The number of nitrogens with one attached hydrogen (secondary N) is 3. The number of benzene rings is 2. The van der Waals surface area contributed by atoms with Crippen molar-refractivity contribution >= 4 is 64.2 Å². The predicted molar refractivity (Wildman–Crippen MR) is 247 cm³/mol. The summed E-state index contributed by atoms with van der Waals surface area (Å²) in [6, 6.07) is 9.20. The molecule has 64 heavy (non-hydrogen) atoms. The number of carbonyl (C=O) groups excluding carboxylic acids is 3. The Balaban J connectivity index is 1.21. The maximum Gasteiger partial charge on any atom is 0.408 e. The standard InChI is InChI=1S/C46H57ClFN6O8PS/c1-8-27-23-46(27,63(58,59)19-18-31-33(47)14-11-15-34(31)48)53-41(55)38-21-30(24-54(38)42(56)40(45(4,5)6)52-44(57)62-28-12-9-10-13-28)61-39-22-36(37-25-64-43(51-37)49-26(2)3)50-35-20-29(60-7)16-17-32(35)39/h8,11,14-17,20,22,25-28,30,38,40H,1,9-10,12-13,18-19,21,23-24H2,2-7H3,(H,49,51)(H,52,57)(H,53,55)(H,58,59)/t27-,30-,38+,40-,46+/m1/s1. The van der Waals surface area contributed by atoms with E-state index in [4.69, 9.17) is 35.8 Å². The Labute approximate surface area is 382 Å². The van der Waals surface area contributed by atoms with E-state index in [9.17, 15) is 28.2 Å². The summed E-state index contributed by atoms with van der Waals surface area (Å²) in [7, 11) is -2.72. The van der Waals surface area contributed by atoms with Crippen LogP contribution in [-0.4, -0.2) is 93.1 Å². The third-order valence-corrected chi connectivity index (χ3v) is 16.0. The van der Waals surface area contributed by atoms with Gasteiger partial charge in [0, 0.05) is 58.0 Å². The first kappa shape index (κ1) is 47.2. The molecule has 0 radical (unpaired) electrons. The fourth-order valence-electron chi connectivity index (χ4n) is 8.63. The van der Waals surface area contributed by atoms with Crippen LogP contribution in [0.15, 0.2) is 60.5 Å². The highest BCUT2D eigenvalue weighted by atomic mass is 35.5. The van der Waals surface area contributed by atoms with E-state index >= 15 is 0 Å². The smallest absolute Gasteiger partial charge is 0.408 e. The average molecular weight is 939 g/mol. The Kier molecular flexibility index (Phi) is 14.0. The Morgan fingerprint density at radius 1 is 1.12 bits per heavy atom. The summed E-state index contributed by atoms with van der Waals surface area (Å²) in [4.78, 5) is 65.8. The number of thiazole rings is 1. The molecule has 2 aliphatic carbocycles. The van der Waals surface area contributed by atoms with Crippen LogP contribution in [0.1, 0.15) is 78.7 Å². The lowest BCUT2D eigenvalue weighted by Gasteiger charge is -2.36. The van der Waals surface area contributed by atoms with E-state index in [2.05, 4.69) is 22.5 Å². The van der Waals surface area contributed by atoms with Gasteiger partial charge in [0.15, 0.2) is 5.13 Å². The van der Waals surface area contributed by atoms with Gasteiger partial charge in [-0.1, -0.05) is 44.5 Å². The number of methoxy groups -OCH3 is 1. The van der Waals surface area contributed by atoms with E-state index in [0.717, 1.165) is 30.8 Å². The Morgan fingerprint density at radius 2 is 1.88 bits per heavy atom. The number of fused-ring (bicyclic) bond motifs is 1. The molecule has 7 rings (SSSR count). The largest absolute Gasteiger partial charge is 0.497 e. The van der Waals surface area contributed by atoms with Crippen LogP contribution < -0.4 is 25.4 Å². The second-order valence-electron chi connectivity index (χ2n) is 18.3. The van der Waals surface area contributed by atoms with Crippen molar-refractivity contribution in [2.24, 2.45) is 11.3 Å². The van der Waals surface area contributed by atoms with Crippen LogP contribution in [0.5, 0.6) is 11.5 Å². The number of aromatic nitrogens is 2. The molecule has 18 heteroatoms. The van der Waals surface area contributed by atoms with Gasteiger partial charge in [0.2, 0.25) is 19.2 Å². The molecule has 0 bridgehead atoms. The molecule has 3 heterocycles. The quantitative estimate of drug-likeness (QED) is 0.0622. The number of alkyl carbamates (subject to hydrolysis) is 1. The van der Waals surface area contributed by atoms with Crippen molar-refractivity contribution in [3.05, 3.63) is 76.9 Å². The predicted octanol–water partition coefficient (Wildman–Crippen LogP) is 8.94. The minimum absolute atomic E-state index is 0.00911. The van der Waals surface area contributed by atoms with E-state index in [1.165, 1.54) is 40.5 Å². The minimum atomic E-state index is -4.29. The lowest BCUT2D eigenvalue weighted by molar-refractivity contribution is -0.142. The van der Waals surface area contributed by atoms with E-state index in [0.29, 0.717) is 33.8 Å². The van der Waals surface area contributed by atoms with Crippen molar-refractivity contribution in [1.29, 1.82) is 0 Å². The number of rotatable bonds is 16. The van der Waals surface area contributed by atoms with E-state index < -0.39 is 65.9 Å². The molecule has 2 saturated carbocycles. The molecule has 3 aliphatic rings. The van der Waals surface area contributed by atoms with Gasteiger partial charge in [-0.15, -0.1) is 17.9 Å². The van der Waals surface area contributed by atoms with E-state index in [1.807, 2.05) is 46.1 Å². The zero-order valence-electron chi connectivity index (χ0n) is 37.0. The van der Waals surface area contributed by atoms with Crippen LogP contribution in [0.4, 0.5) is 14.3 Å². The molecule has 3 amide bonds. The zero-order valence-corrected chi connectivity index (χ0v) is 39.5. The summed E-state index contributed by atoms with van der Waals surface area (Å²) in [6.07, 6.45) is 2.72. The fraction of sp³-hybridized carbons (Fsp3) is 0.500. The van der Waals surface area contributed by atoms with Gasteiger partial charge in [0.25, 0.3) is 0 Å². The maximum atomic E-state index is 14.9. The van der Waals surface area contributed by atoms with Crippen LogP contribution in [0.25, 0.3) is 22.3 Å². The molecular formula is C46H57ClFN6O8PS. The Bertz CT molecular complexity index is 2440. The summed E-state index contributed by atoms with van der Waals surface area (Å²) in [5.74, 6) is -1.40. The van der Waals surface area contributed by atoms with Gasteiger partial charge in [-0.2, -0.15) is 0 Å². The van der Waals surface area contributed by atoms with Gasteiger partial charge in [0.1, 0.15) is 52.6 Å². The zero-order chi connectivity index (χ0) is 46.1. The molecule has 3 fully saturated rings. The van der Waals surface area contributed by atoms with Crippen molar-refractivity contribution in [2.45, 2.75) is 115 Å². The Hall–Kier alpha value is -4.76. The summed E-state index contributed by atoms with van der Waals surface area (Å²) < 4.78 is 47.1. The van der Waals surface area contributed by atoms with Crippen LogP contribution in [0.2, 0.25) is 5.02 Å². The van der Waals surface area contributed by atoms with Gasteiger partial charge in [-0.05, 0) is 82.1 Å². The maximum absolute atomic E-state index is 14.9. The molecule has 0 spiro atoms. The third kappa shape index (κ3) is 10.2. The number of nitrogens with zero attached hydrogens (tertiary/aromatic N) is 3. The highest BCUT2D eigenvalue weighted by molar-refractivity contribution is 7.60. The summed E-state index contributed by atoms with van der Waals surface area (Å²) in [5.41, 5.74) is 0.978. The minimum Gasteiger partial charge on any atom is -0.497 e. The van der Waals surface area contributed by atoms with Crippen molar-refractivity contribution in [2.75, 3.05) is 25.1 Å². The monoisotopic (exact) mass is 938 g/mol. The number of amides is 3. The third-order valence-electron chi connectivity index (χ3n) is 12.2. The number of anilines is 1. The first-order valence-electron chi connectivity index (χ1n) is 21.7. The Morgan fingerprint density at radius 3 is 2.53 bits per heavy atom. The first-order chi connectivity index (χ1) is 30.3. The number of pyridine rings is 1. The molecule has 2 aromatic heterocycles. The molecular weight excluding hydrogens is 882 g/mol. The van der Waals surface area contributed by atoms with Gasteiger partial charge in [-0.25, -0.2) is 19.2 Å². The van der Waals surface area contributed by atoms with Crippen LogP contribution in [-0.2, 0) is 25.3 Å². The highest BCUT2D eigenvalue weighted by Gasteiger charge is 2.65. The lowest BCUT2D eigenvalue weighted by atomic mass is 9.85. The van der Waals surface area contributed by atoms with Gasteiger partial charge in [-0.3, -0.25) is 14.2 Å². The summed E-state index contributed by atoms with van der Waals surface area (Å²) in [5, 5.41) is 10.8. The summed E-state index contributed by atoms with van der Waals surface area (Å²) >= 11 is 7.71. The van der Waals surface area contributed by atoms with Gasteiger partial charge >= 0.3 is 6.09 Å². The second-order valence-corrected chi connectivity index (χ2v) is 22.2. The van der Waals surface area contributed by atoms with E-state index in [1.54, 1.807) is 25.3 Å².